The SMILES string of the molecule is Cc1ccc(CC(=O)N2CCC(NC(=O)NC(C)C)CC2)cc1. The van der Waals surface area contributed by atoms with E-state index < -0.39 is 0 Å². The van der Waals surface area contributed by atoms with Crippen LogP contribution in [0.15, 0.2) is 24.3 Å². The lowest BCUT2D eigenvalue weighted by molar-refractivity contribution is -0.131. The van der Waals surface area contributed by atoms with Crippen LogP contribution in [0.4, 0.5) is 4.79 Å². The number of piperidine rings is 1. The van der Waals surface area contributed by atoms with Crippen LogP contribution in [0.25, 0.3) is 0 Å². The Labute approximate surface area is 138 Å². The summed E-state index contributed by atoms with van der Waals surface area (Å²) in [7, 11) is 0. The van der Waals surface area contributed by atoms with Crippen molar-refractivity contribution in [2.45, 2.75) is 52.1 Å². The smallest absolute Gasteiger partial charge is 0.315 e. The summed E-state index contributed by atoms with van der Waals surface area (Å²) >= 11 is 0. The van der Waals surface area contributed by atoms with Gasteiger partial charge in [0, 0.05) is 25.2 Å². The maximum absolute atomic E-state index is 12.4. The minimum absolute atomic E-state index is 0.121. The highest BCUT2D eigenvalue weighted by atomic mass is 16.2. The van der Waals surface area contributed by atoms with Gasteiger partial charge >= 0.3 is 6.03 Å². The summed E-state index contributed by atoms with van der Waals surface area (Å²) in [6.07, 6.45) is 2.07. The van der Waals surface area contributed by atoms with E-state index in [0.29, 0.717) is 19.5 Å². The molecule has 23 heavy (non-hydrogen) atoms. The molecule has 1 saturated heterocycles. The Morgan fingerprint density at radius 2 is 1.78 bits per heavy atom. The lowest BCUT2D eigenvalue weighted by atomic mass is 10.0. The van der Waals surface area contributed by atoms with Crippen LogP contribution in [-0.2, 0) is 11.2 Å². The summed E-state index contributed by atoms with van der Waals surface area (Å²) in [5, 5.41) is 5.81. The van der Waals surface area contributed by atoms with Crippen LogP contribution >= 0.6 is 0 Å². The summed E-state index contributed by atoms with van der Waals surface area (Å²) < 4.78 is 0. The maximum Gasteiger partial charge on any atom is 0.315 e. The monoisotopic (exact) mass is 317 g/mol. The van der Waals surface area contributed by atoms with E-state index in [1.807, 2.05) is 49.9 Å². The van der Waals surface area contributed by atoms with Crippen LogP contribution in [0.5, 0.6) is 0 Å². The van der Waals surface area contributed by atoms with Gasteiger partial charge in [-0.05, 0) is 39.2 Å². The van der Waals surface area contributed by atoms with Gasteiger partial charge in [0.15, 0.2) is 0 Å². The van der Waals surface area contributed by atoms with Crippen LogP contribution in [0.2, 0.25) is 0 Å². The fourth-order valence-corrected chi connectivity index (χ4v) is 2.75. The van der Waals surface area contributed by atoms with E-state index in [-0.39, 0.29) is 24.0 Å². The van der Waals surface area contributed by atoms with E-state index in [0.717, 1.165) is 18.4 Å². The standard InChI is InChI=1S/C18H27N3O2/c1-13(2)19-18(23)20-16-8-10-21(11-9-16)17(22)12-15-6-4-14(3)5-7-15/h4-7,13,16H,8-12H2,1-3H3,(H2,19,20,23). The number of urea groups is 1. The lowest BCUT2D eigenvalue weighted by Crippen LogP contribution is -2.50. The molecule has 0 atom stereocenters. The van der Waals surface area contributed by atoms with Gasteiger partial charge in [0.05, 0.1) is 6.42 Å². The molecule has 0 aromatic heterocycles. The van der Waals surface area contributed by atoms with Crippen molar-refractivity contribution in [3.05, 3.63) is 35.4 Å². The van der Waals surface area contributed by atoms with Gasteiger partial charge in [-0.3, -0.25) is 4.79 Å². The van der Waals surface area contributed by atoms with E-state index in [4.69, 9.17) is 0 Å². The Hall–Kier alpha value is -2.04. The van der Waals surface area contributed by atoms with E-state index in [2.05, 4.69) is 10.6 Å². The first-order valence-electron chi connectivity index (χ1n) is 8.34. The predicted octanol–water partition coefficient (Wildman–Crippen LogP) is 2.24. The number of nitrogens with one attached hydrogen (secondary N) is 2. The zero-order valence-corrected chi connectivity index (χ0v) is 14.3. The topological polar surface area (TPSA) is 61.4 Å². The van der Waals surface area contributed by atoms with Crippen molar-refractivity contribution in [3.63, 3.8) is 0 Å². The lowest BCUT2D eigenvalue weighted by Gasteiger charge is -2.32. The summed E-state index contributed by atoms with van der Waals surface area (Å²) in [6.45, 7) is 7.32. The van der Waals surface area contributed by atoms with Crippen LogP contribution in [0.1, 0.15) is 37.8 Å². The first kappa shape index (κ1) is 17.3. The van der Waals surface area contributed by atoms with Crippen molar-refractivity contribution in [3.8, 4) is 0 Å². The molecule has 1 aliphatic rings. The van der Waals surface area contributed by atoms with Gasteiger partial charge in [-0.15, -0.1) is 0 Å². The average Bonchev–Trinajstić information content (AvgIpc) is 2.49. The van der Waals surface area contributed by atoms with Gasteiger partial charge in [-0.25, -0.2) is 4.79 Å². The number of nitrogens with zero attached hydrogens (tertiary/aromatic N) is 1. The molecule has 1 aromatic rings. The molecular formula is C18H27N3O2. The van der Waals surface area contributed by atoms with Gasteiger partial charge in [0.2, 0.25) is 5.91 Å². The molecule has 5 heteroatoms. The van der Waals surface area contributed by atoms with Gasteiger partial charge in [0.1, 0.15) is 0 Å². The second-order valence-corrected chi connectivity index (χ2v) is 6.59. The Bertz CT molecular complexity index is 532. The zero-order valence-electron chi connectivity index (χ0n) is 14.3. The number of rotatable bonds is 4. The molecule has 0 saturated carbocycles. The van der Waals surface area contributed by atoms with Crippen molar-refractivity contribution in [1.29, 1.82) is 0 Å². The minimum Gasteiger partial charge on any atom is -0.342 e. The molecule has 1 aromatic carbocycles. The zero-order chi connectivity index (χ0) is 16.8. The van der Waals surface area contributed by atoms with Crippen molar-refractivity contribution in [2.24, 2.45) is 0 Å². The number of hydrogen-bond acceptors (Lipinski definition) is 2. The number of aryl methyl sites for hydroxylation is 1. The van der Waals surface area contributed by atoms with E-state index in [9.17, 15) is 9.59 Å². The molecule has 1 fully saturated rings. The second-order valence-electron chi connectivity index (χ2n) is 6.59. The Morgan fingerprint density at radius 1 is 1.17 bits per heavy atom. The van der Waals surface area contributed by atoms with E-state index in [1.165, 1.54) is 5.56 Å². The van der Waals surface area contributed by atoms with Gasteiger partial charge in [-0.2, -0.15) is 0 Å². The van der Waals surface area contributed by atoms with E-state index in [1.54, 1.807) is 0 Å². The number of carbonyl (C=O) groups is 2. The summed E-state index contributed by atoms with van der Waals surface area (Å²) in [5.74, 6) is 0.166. The third kappa shape index (κ3) is 5.58. The highest BCUT2D eigenvalue weighted by Crippen LogP contribution is 2.13. The number of amides is 3. The molecule has 126 valence electrons. The Morgan fingerprint density at radius 3 is 2.35 bits per heavy atom. The van der Waals surface area contributed by atoms with Gasteiger partial charge in [0.25, 0.3) is 0 Å². The second kappa shape index (κ2) is 7.99. The van der Waals surface area contributed by atoms with Crippen molar-refractivity contribution >= 4 is 11.9 Å². The van der Waals surface area contributed by atoms with Gasteiger partial charge in [-0.1, -0.05) is 29.8 Å². The van der Waals surface area contributed by atoms with Crippen LogP contribution in [0, 0.1) is 6.92 Å². The molecule has 5 nitrogen and oxygen atoms in total. The van der Waals surface area contributed by atoms with E-state index >= 15 is 0 Å². The molecular weight excluding hydrogens is 290 g/mol. The van der Waals surface area contributed by atoms with Crippen LogP contribution in [0.3, 0.4) is 0 Å². The highest BCUT2D eigenvalue weighted by molar-refractivity contribution is 5.79. The number of hydrogen-bond donors (Lipinski definition) is 2. The molecule has 2 rings (SSSR count). The first-order valence-corrected chi connectivity index (χ1v) is 8.34. The predicted molar refractivity (Wildman–Crippen MR) is 91.3 cm³/mol. The number of carbonyl (C=O) groups excluding carboxylic acids is 2. The summed E-state index contributed by atoms with van der Waals surface area (Å²) in [5.41, 5.74) is 2.25. The largest absolute Gasteiger partial charge is 0.342 e. The maximum atomic E-state index is 12.4. The first-order chi connectivity index (χ1) is 10.9. The molecule has 2 N–H and O–H groups in total. The fraction of sp³-hybridized carbons (Fsp3) is 0.556. The molecule has 0 spiro atoms. The number of likely N-dealkylation sites (tertiary alicyclic amines) is 1. The average molecular weight is 317 g/mol. The third-order valence-electron chi connectivity index (χ3n) is 4.08. The van der Waals surface area contributed by atoms with Crippen molar-refractivity contribution in [1.82, 2.24) is 15.5 Å². The highest BCUT2D eigenvalue weighted by Gasteiger charge is 2.23. The van der Waals surface area contributed by atoms with Crippen molar-refractivity contribution in [2.75, 3.05) is 13.1 Å². The Kier molecular flexibility index (Phi) is 6.02. The minimum atomic E-state index is -0.121. The van der Waals surface area contributed by atoms with Crippen LogP contribution in [-0.4, -0.2) is 42.0 Å². The van der Waals surface area contributed by atoms with Crippen molar-refractivity contribution < 1.29 is 9.59 Å². The Balaban J connectivity index is 1.76. The van der Waals surface area contributed by atoms with Gasteiger partial charge < -0.3 is 15.5 Å². The molecule has 3 amide bonds. The molecule has 0 bridgehead atoms. The van der Waals surface area contributed by atoms with Crippen LogP contribution < -0.4 is 10.6 Å². The normalized spacial score (nSPS) is 15.6. The molecule has 0 aliphatic carbocycles. The molecule has 1 heterocycles. The quantitative estimate of drug-likeness (QED) is 0.894. The number of benzene rings is 1. The summed E-state index contributed by atoms with van der Waals surface area (Å²) in [4.78, 5) is 26.0. The third-order valence-corrected chi connectivity index (χ3v) is 4.08. The molecule has 1 aliphatic heterocycles. The molecule has 0 radical (unpaired) electrons. The fourth-order valence-electron chi connectivity index (χ4n) is 2.75. The molecule has 0 unspecified atom stereocenters. The summed E-state index contributed by atoms with van der Waals surface area (Å²) in [6, 6.07) is 8.25.